The summed E-state index contributed by atoms with van der Waals surface area (Å²) in [5.74, 6) is -0.102. The van der Waals surface area contributed by atoms with E-state index in [1.54, 1.807) is 0 Å². The van der Waals surface area contributed by atoms with Crippen LogP contribution in [0.1, 0.15) is 5.69 Å². The lowest BCUT2D eigenvalue weighted by Gasteiger charge is -2.09. The predicted molar refractivity (Wildman–Crippen MR) is 41.7 cm³/mol. The first-order chi connectivity index (χ1) is 6.63. The summed E-state index contributed by atoms with van der Waals surface area (Å²) in [5, 5.41) is 8.60. The minimum atomic E-state index is -3.19. The molecule has 0 saturated carbocycles. The summed E-state index contributed by atoms with van der Waals surface area (Å²) >= 11 is 0. The van der Waals surface area contributed by atoms with Gasteiger partial charge < -0.3 is 9.84 Å². The SMILES string of the molecule is OCc1ccc(OC(F)C(F)F)cn1. The summed E-state index contributed by atoms with van der Waals surface area (Å²) in [6, 6.07) is 2.61. The summed E-state index contributed by atoms with van der Waals surface area (Å²) in [5.41, 5.74) is 0.352. The van der Waals surface area contributed by atoms with Crippen LogP contribution in [0.3, 0.4) is 0 Å². The minimum Gasteiger partial charge on any atom is -0.453 e. The molecule has 3 nitrogen and oxygen atoms in total. The number of halogens is 3. The molecule has 1 heterocycles. The Kier molecular flexibility index (Phi) is 3.70. The molecule has 0 bridgehead atoms. The lowest BCUT2D eigenvalue weighted by Crippen LogP contribution is -2.19. The van der Waals surface area contributed by atoms with E-state index < -0.39 is 12.8 Å². The Hall–Kier alpha value is -1.30. The third-order valence-corrected chi connectivity index (χ3v) is 1.41. The van der Waals surface area contributed by atoms with Gasteiger partial charge in [-0.2, -0.15) is 4.39 Å². The van der Waals surface area contributed by atoms with Crippen molar-refractivity contribution in [3.05, 3.63) is 24.0 Å². The van der Waals surface area contributed by atoms with Crippen molar-refractivity contribution in [2.45, 2.75) is 19.4 Å². The molecule has 0 radical (unpaired) electrons. The van der Waals surface area contributed by atoms with Crippen molar-refractivity contribution in [3.8, 4) is 5.75 Å². The number of nitrogens with zero attached hydrogens (tertiary/aromatic N) is 1. The van der Waals surface area contributed by atoms with Gasteiger partial charge in [0, 0.05) is 0 Å². The molecule has 0 aliphatic carbocycles. The summed E-state index contributed by atoms with van der Waals surface area (Å²) in [6.45, 7) is -0.270. The third-order valence-electron chi connectivity index (χ3n) is 1.41. The van der Waals surface area contributed by atoms with Crippen molar-refractivity contribution < 1.29 is 23.0 Å². The minimum absolute atomic E-state index is 0.102. The Morgan fingerprint density at radius 1 is 1.36 bits per heavy atom. The lowest BCUT2D eigenvalue weighted by atomic mass is 10.3. The maximum atomic E-state index is 12.3. The van der Waals surface area contributed by atoms with E-state index in [9.17, 15) is 13.2 Å². The van der Waals surface area contributed by atoms with Crippen LogP contribution in [0.15, 0.2) is 18.3 Å². The fourth-order valence-corrected chi connectivity index (χ4v) is 0.756. The molecule has 0 saturated heterocycles. The number of aliphatic hydroxyl groups is 1. The van der Waals surface area contributed by atoms with E-state index in [1.807, 2.05) is 0 Å². The largest absolute Gasteiger partial charge is 0.453 e. The van der Waals surface area contributed by atoms with Gasteiger partial charge in [-0.05, 0) is 12.1 Å². The number of hydrogen-bond acceptors (Lipinski definition) is 3. The molecule has 6 heteroatoms. The van der Waals surface area contributed by atoms with Crippen molar-refractivity contribution >= 4 is 0 Å². The second-order valence-corrected chi connectivity index (χ2v) is 2.45. The highest BCUT2D eigenvalue weighted by Crippen LogP contribution is 2.15. The van der Waals surface area contributed by atoms with Gasteiger partial charge in [-0.1, -0.05) is 0 Å². The van der Waals surface area contributed by atoms with Crippen LogP contribution in [-0.4, -0.2) is 22.9 Å². The normalized spacial score (nSPS) is 12.9. The summed E-state index contributed by atoms with van der Waals surface area (Å²) in [6.07, 6.45) is -4.77. The molecular weight excluding hydrogens is 199 g/mol. The second-order valence-electron chi connectivity index (χ2n) is 2.45. The molecule has 0 amide bonds. The number of rotatable bonds is 4. The molecule has 1 N–H and O–H groups in total. The number of aromatic nitrogens is 1. The van der Waals surface area contributed by atoms with Crippen LogP contribution in [0.25, 0.3) is 0 Å². The molecular formula is C8H8F3NO2. The highest BCUT2D eigenvalue weighted by Gasteiger charge is 2.20. The van der Waals surface area contributed by atoms with E-state index in [0.29, 0.717) is 5.69 Å². The topological polar surface area (TPSA) is 42.4 Å². The monoisotopic (exact) mass is 207 g/mol. The smallest absolute Gasteiger partial charge is 0.304 e. The zero-order valence-corrected chi connectivity index (χ0v) is 7.03. The quantitative estimate of drug-likeness (QED) is 0.813. The molecule has 0 fully saturated rings. The van der Waals surface area contributed by atoms with Gasteiger partial charge in [-0.25, -0.2) is 8.78 Å². The third kappa shape index (κ3) is 2.88. The van der Waals surface area contributed by atoms with Crippen molar-refractivity contribution in [2.75, 3.05) is 0 Å². The Labute approximate surface area is 78.2 Å². The molecule has 0 aliphatic rings. The van der Waals surface area contributed by atoms with Gasteiger partial charge in [-0.15, -0.1) is 0 Å². The Morgan fingerprint density at radius 3 is 2.50 bits per heavy atom. The van der Waals surface area contributed by atoms with Crippen molar-refractivity contribution in [2.24, 2.45) is 0 Å². The van der Waals surface area contributed by atoms with Gasteiger partial charge in [0.1, 0.15) is 5.75 Å². The van der Waals surface area contributed by atoms with Crippen molar-refractivity contribution in [1.82, 2.24) is 4.98 Å². The molecule has 78 valence electrons. The fraction of sp³-hybridized carbons (Fsp3) is 0.375. The maximum Gasteiger partial charge on any atom is 0.304 e. The standard InChI is InChI=1S/C8H8F3NO2/c9-7(10)8(11)14-6-2-1-5(4-13)12-3-6/h1-3,7-8,13H,4H2. The molecule has 1 aromatic rings. The lowest BCUT2D eigenvalue weighted by molar-refractivity contribution is -0.0670. The maximum absolute atomic E-state index is 12.3. The molecule has 0 aromatic carbocycles. The van der Waals surface area contributed by atoms with E-state index in [-0.39, 0.29) is 12.4 Å². The second kappa shape index (κ2) is 4.80. The van der Waals surface area contributed by atoms with Crippen LogP contribution in [0.5, 0.6) is 5.75 Å². The Bertz CT molecular complexity index is 278. The summed E-state index contributed by atoms with van der Waals surface area (Å²) in [4.78, 5) is 3.62. The summed E-state index contributed by atoms with van der Waals surface area (Å²) in [7, 11) is 0. The highest BCUT2D eigenvalue weighted by molar-refractivity contribution is 5.19. The number of hydrogen-bond donors (Lipinski definition) is 1. The average molecular weight is 207 g/mol. The Balaban J connectivity index is 2.59. The van der Waals surface area contributed by atoms with Crippen LogP contribution in [0, 0.1) is 0 Å². The van der Waals surface area contributed by atoms with Crippen LogP contribution >= 0.6 is 0 Å². The molecule has 1 rings (SSSR count). The highest BCUT2D eigenvalue weighted by atomic mass is 19.3. The van der Waals surface area contributed by atoms with Gasteiger partial charge >= 0.3 is 6.43 Å². The number of ether oxygens (including phenoxy) is 1. The first-order valence-electron chi connectivity index (χ1n) is 3.78. The van der Waals surface area contributed by atoms with Gasteiger partial charge in [0.15, 0.2) is 0 Å². The van der Waals surface area contributed by atoms with Crippen LogP contribution in [-0.2, 0) is 6.61 Å². The van der Waals surface area contributed by atoms with Gasteiger partial charge in [0.25, 0.3) is 6.36 Å². The predicted octanol–water partition coefficient (Wildman–Crippen LogP) is 1.51. The zero-order valence-electron chi connectivity index (χ0n) is 7.03. The number of alkyl halides is 3. The molecule has 1 aromatic heterocycles. The average Bonchev–Trinajstić information content (AvgIpc) is 2.19. The van der Waals surface area contributed by atoms with Crippen molar-refractivity contribution in [3.63, 3.8) is 0 Å². The van der Waals surface area contributed by atoms with Gasteiger partial charge in [-0.3, -0.25) is 4.98 Å². The molecule has 0 aliphatic heterocycles. The van der Waals surface area contributed by atoms with E-state index in [4.69, 9.17) is 5.11 Å². The summed E-state index contributed by atoms with van der Waals surface area (Å²) < 4.78 is 40.0. The first-order valence-corrected chi connectivity index (χ1v) is 3.78. The molecule has 14 heavy (non-hydrogen) atoms. The molecule has 1 unspecified atom stereocenters. The van der Waals surface area contributed by atoms with Crippen LogP contribution in [0.2, 0.25) is 0 Å². The van der Waals surface area contributed by atoms with E-state index in [1.165, 1.54) is 12.1 Å². The van der Waals surface area contributed by atoms with Gasteiger partial charge in [0.05, 0.1) is 18.5 Å². The molecule has 1 atom stereocenters. The van der Waals surface area contributed by atoms with Crippen LogP contribution in [0.4, 0.5) is 13.2 Å². The van der Waals surface area contributed by atoms with E-state index in [0.717, 1.165) is 6.20 Å². The van der Waals surface area contributed by atoms with Crippen molar-refractivity contribution in [1.29, 1.82) is 0 Å². The zero-order chi connectivity index (χ0) is 10.6. The number of aliphatic hydroxyl groups excluding tert-OH is 1. The van der Waals surface area contributed by atoms with E-state index in [2.05, 4.69) is 9.72 Å². The molecule has 0 spiro atoms. The Morgan fingerprint density at radius 2 is 2.07 bits per heavy atom. The van der Waals surface area contributed by atoms with Crippen LogP contribution < -0.4 is 4.74 Å². The fourth-order valence-electron chi connectivity index (χ4n) is 0.756. The number of pyridine rings is 1. The first kappa shape index (κ1) is 10.8. The van der Waals surface area contributed by atoms with E-state index >= 15 is 0 Å². The van der Waals surface area contributed by atoms with Gasteiger partial charge in [0.2, 0.25) is 0 Å².